The minimum absolute atomic E-state index is 0.0960. The van der Waals surface area contributed by atoms with Crippen molar-refractivity contribution in [2.24, 2.45) is 0 Å². The average Bonchev–Trinajstić information content (AvgIpc) is 2.38. The van der Waals surface area contributed by atoms with Gasteiger partial charge >= 0.3 is 15.6 Å². The van der Waals surface area contributed by atoms with Crippen molar-refractivity contribution in [2.75, 3.05) is 0 Å². The molecule has 112 valence electrons. The fourth-order valence-corrected chi connectivity index (χ4v) is 1.91. The molecule has 0 saturated carbocycles. The maximum absolute atomic E-state index is 13.7. The lowest BCUT2D eigenvalue weighted by Gasteiger charge is -2.14. The van der Waals surface area contributed by atoms with E-state index in [1.165, 1.54) is 0 Å². The van der Waals surface area contributed by atoms with E-state index in [1.54, 1.807) is 6.07 Å². The van der Waals surface area contributed by atoms with Crippen LogP contribution in [0.15, 0.2) is 19.2 Å². The van der Waals surface area contributed by atoms with E-state index in [9.17, 15) is 26.0 Å². The number of alkyl halides is 3. The number of nitrogens with zero attached hydrogens (tertiary/aromatic N) is 1. The minimum Gasteiger partial charge on any atom is -0.372 e. The third kappa shape index (κ3) is 3.05. The van der Waals surface area contributed by atoms with Crippen LogP contribution in [0.25, 0.3) is 12.2 Å². The molecule has 0 aliphatic rings. The highest BCUT2D eigenvalue weighted by Crippen LogP contribution is 2.35. The van der Waals surface area contributed by atoms with Gasteiger partial charge in [0, 0.05) is 11.1 Å². The topological polar surface area (TPSA) is 67.2 Å². The second-order valence-corrected chi connectivity index (χ2v) is 5.10. The molecule has 4 nitrogen and oxygen atoms in total. The van der Waals surface area contributed by atoms with Gasteiger partial charge in [0.2, 0.25) is 0 Å². The van der Waals surface area contributed by atoms with Gasteiger partial charge in [-0.3, -0.25) is 0 Å². The summed E-state index contributed by atoms with van der Waals surface area (Å²) in [7, 11) is -6.06. The van der Waals surface area contributed by atoms with Crippen LogP contribution in [0.5, 0.6) is 5.75 Å². The molecule has 0 aromatic heterocycles. The van der Waals surface area contributed by atoms with Crippen molar-refractivity contribution in [1.82, 2.24) is 0 Å². The Labute approximate surface area is 117 Å². The highest BCUT2D eigenvalue weighted by molar-refractivity contribution is 7.88. The first-order chi connectivity index (χ1) is 9.59. The molecule has 1 rings (SSSR count). The van der Waals surface area contributed by atoms with Crippen LogP contribution in [0.3, 0.4) is 0 Å². The Morgan fingerprint density at radius 2 is 1.76 bits per heavy atom. The molecular weight excluding hydrogens is 314 g/mol. The van der Waals surface area contributed by atoms with Gasteiger partial charge in [-0.1, -0.05) is 25.3 Å². The standard InChI is InChI=1S/C12H7F4NO3S/c1-3-8-7(6-17)5-10(13)11(9(8)4-2)20-21(18,19)12(14,15)16/h3-5H,1-2H2. The van der Waals surface area contributed by atoms with Crippen molar-refractivity contribution in [3.8, 4) is 11.8 Å². The van der Waals surface area contributed by atoms with E-state index in [-0.39, 0.29) is 11.1 Å². The van der Waals surface area contributed by atoms with E-state index >= 15 is 0 Å². The zero-order valence-corrected chi connectivity index (χ0v) is 11.1. The average molecular weight is 321 g/mol. The summed E-state index contributed by atoms with van der Waals surface area (Å²) in [5.41, 5.74) is -6.50. The zero-order valence-electron chi connectivity index (χ0n) is 10.2. The largest absolute Gasteiger partial charge is 0.534 e. The predicted molar refractivity (Wildman–Crippen MR) is 66.9 cm³/mol. The van der Waals surface area contributed by atoms with Gasteiger partial charge in [-0.25, -0.2) is 4.39 Å². The van der Waals surface area contributed by atoms with Gasteiger partial charge in [-0.2, -0.15) is 26.9 Å². The van der Waals surface area contributed by atoms with E-state index < -0.39 is 32.8 Å². The van der Waals surface area contributed by atoms with Crippen molar-refractivity contribution >= 4 is 22.3 Å². The summed E-state index contributed by atoms with van der Waals surface area (Å²) in [6, 6.07) is 2.14. The van der Waals surface area contributed by atoms with Crippen LogP contribution < -0.4 is 4.18 Å². The van der Waals surface area contributed by atoms with Crippen LogP contribution in [-0.4, -0.2) is 13.9 Å². The molecule has 0 radical (unpaired) electrons. The molecular formula is C12H7F4NO3S. The van der Waals surface area contributed by atoms with E-state index in [4.69, 9.17) is 5.26 Å². The maximum atomic E-state index is 13.7. The summed E-state index contributed by atoms with van der Waals surface area (Å²) in [6.07, 6.45) is 1.91. The van der Waals surface area contributed by atoms with Gasteiger partial charge in [0.25, 0.3) is 0 Å². The highest BCUT2D eigenvalue weighted by Gasteiger charge is 2.49. The highest BCUT2D eigenvalue weighted by atomic mass is 32.2. The van der Waals surface area contributed by atoms with Crippen LogP contribution >= 0.6 is 0 Å². The van der Waals surface area contributed by atoms with Crippen molar-refractivity contribution in [1.29, 1.82) is 5.26 Å². The van der Waals surface area contributed by atoms with Gasteiger partial charge in [0.1, 0.15) is 0 Å². The molecule has 0 atom stereocenters. The molecule has 1 aromatic carbocycles. The monoisotopic (exact) mass is 321 g/mol. The Morgan fingerprint density at radius 1 is 1.24 bits per heavy atom. The fourth-order valence-electron chi connectivity index (χ4n) is 1.42. The van der Waals surface area contributed by atoms with Crippen LogP contribution in [0.4, 0.5) is 17.6 Å². The Morgan fingerprint density at radius 3 is 2.14 bits per heavy atom. The van der Waals surface area contributed by atoms with Gasteiger partial charge in [-0.05, 0) is 6.07 Å². The van der Waals surface area contributed by atoms with Crippen molar-refractivity contribution in [2.45, 2.75) is 5.51 Å². The minimum atomic E-state index is -6.06. The first-order valence-corrected chi connectivity index (χ1v) is 6.52. The Hall–Kier alpha value is -2.34. The molecule has 0 amide bonds. The van der Waals surface area contributed by atoms with Gasteiger partial charge in [-0.15, -0.1) is 0 Å². The van der Waals surface area contributed by atoms with Crippen molar-refractivity contribution in [3.63, 3.8) is 0 Å². The molecule has 0 aliphatic heterocycles. The first kappa shape index (κ1) is 16.7. The van der Waals surface area contributed by atoms with Crippen LogP contribution in [0.2, 0.25) is 0 Å². The Balaban J connectivity index is 3.63. The van der Waals surface area contributed by atoms with Crippen molar-refractivity contribution in [3.05, 3.63) is 41.7 Å². The normalized spacial score (nSPS) is 11.6. The molecule has 21 heavy (non-hydrogen) atoms. The molecule has 0 N–H and O–H groups in total. The third-order valence-corrected chi connectivity index (χ3v) is 3.27. The number of hydrogen-bond acceptors (Lipinski definition) is 4. The summed E-state index contributed by atoms with van der Waals surface area (Å²) in [5, 5.41) is 8.81. The molecule has 9 heteroatoms. The second-order valence-electron chi connectivity index (χ2n) is 3.57. The van der Waals surface area contributed by atoms with Crippen molar-refractivity contribution < 1.29 is 30.2 Å². The summed E-state index contributed by atoms with van der Waals surface area (Å²) in [6.45, 7) is 6.54. The second kappa shape index (κ2) is 5.57. The van der Waals surface area contributed by atoms with E-state index in [1.807, 2.05) is 0 Å². The smallest absolute Gasteiger partial charge is 0.372 e. The summed E-state index contributed by atoms with van der Waals surface area (Å²) in [4.78, 5) is 0. The summed E-state index contributed by atoms with van der Waals surface area (Å²) < 4.78 is 76.3. The molecule has 0 aliphatic carbocycles. The number of rotatable bonds is 4. The molecule has 0 bridgehead atoms. The van der Waals surface area contributed by atoms with Gasteiger partial charge in [0.15, 0.2) is 11.6 Å². The summed E-state index contributed by atoms with van der Waals surface area (Å²) >= 11 is 0. The number of nitriles is 1. The van der Waals surface area contributed by atoms with E-state index in [0.717, 1.165) is 12.2 Å². The first-order valence-electron chi connectivity index (χ1n) is 5.11. The number of benzene rings is 1. The lowest BCUT2D eigenvalue weighted by atomic mass is 10.0. The lowest BCUT2D eigenvalue weighted by Crippen LogP contribution is -2.28. The molecule has 0 fully saturated rings. The Bertz CT molecular complexity index is 745. The van der Waals surface area contributed by atoms with Crippen LogP contribution in [-0.2, 0) is 10.1 Å². The molecule has 0 saturated heterocycles. The molecule has 0 spiro atoms. The summed E-state index contributed by atoms with van der Waals surface area (Å²) in [5.74, 6) is -2.64. The van der Waals surface area contributed by atoms with Crippen LogP contribution in [0, 0.1) is 17.1 Å². The van der Waals surface area contributed by atoms with Gasteiger partial charge < -0.3 is 4.18 Å². The maximum Gasteiger partial charge on any atom is 0.534 e. The fraction of sp³-hybridized carbons (Fsp3) is 0.0833. The number of hydrogen-bond donors (Lipinski definition) is 0. The van der Waals surface area contributed by atoms with E-state index in [0.29, 0.717) is 6.07 Å². The zero-order chi connectivity index (χ0) is 16.4. The lowest BCUT2D eigenvalue weighted by molar-refractivity contribution is -0.0500. The quantitative estimate of drug-likeness (QED) is 0.485. The van der Waals surface area contributed by atoms with E-state index in [2.05, 4.69) is 17.3 Å². The van der Waals surface area contributed by atoms with Gasteiger partial charge in [0.05, 0.1) is 11.6 Å². The van der Waals surface area contributed by atoms with Crippen LogP contribution in [0.1, 0.15) is 16.7 Å². The molecule has 0 heterocycles. The number of halogens is 4. The SMILES string of the molecule is C=Cc1c(C#N)cc(F)c(OS(=O)(=O)C(F)(F)F)c1C=C. The third-order valence-electron chi connectivity index (χ3n) is 2.32. The Kier molecular flexibility index (Phi) is 4.43. The predicted octanol–water partition coefficient (Wildman–Crippen LogP) is 3.21. The molecule has 1 aromatic rings. The molecule has 0 unspecified atom stereocenters.